The molecule has 2 aromatic carbocycles. The molecule has 0 aliphatic carbocycles. The minimum atomic E-state index is -3.78. The molecule has 1 amide bonds. The van der Waals surface area contributed by atoms with E-state index in [2.05, 4.69) is 14.8 Å². The van der Waals surface area contributed by atoms with Crippen LogP contribution in [0.5, 0.6) is 0 Å². The molecule has 11 nitrogen and oxygen atoms in total. The van der Waals surface area contributed by atoms with E-state index in [0.29, 0.717) is 5.56 Å². The van der Waals surface area contributed by atoms with Crippen molar-refractivity contribution >= 4 is 39.5 Å². The number of carbonyl (C=O) groups is 4. The van der Waals surface area contributed by atoms with Crippen LogP contribution in [0, 0.1) is 6.92 Å². The van der Waals surface area contributed by atoms with Crippen LogP contribution in [0.1, 0.15) is 36.6 Å². The molecule has 1 N–H and O–H groups in total. The zero-order valence-corrected chi connectivity index (χ0v) is 20.0. The Kier molecular flexibility index (Phi) is 8.49. The first-order valence-corrected chi connectivity index (χ1v) is 11.2. The van der Waals surface area contributed by atoms with E-state index in [4.69, 9.17) is 4.74 Å². The number of hydrogen-bond donors (Lipinski definition) is 1. The van der Waals surface area contributed by atoms with E-state index in [1.807, 2.05) is 0 Å². The second-order valence-corrected chi connectivity index (χ2v) is 9.32. The first-order chi connectivity index (χ1) is 15.9. The summed E-state index contributed by atoms with van der Waals surface area (Å²) in [7, 11) is 1.26. The first-order valence-electron chi connectivity index (χ1n) is 9.72. The van der Waals surface area contributed by atoms with Gasteiger partial charge in [0, 0.05) is 19.8 Å². The minimum absolute atomic E-state index is 0.00719. The number of hydrogen-bond acceptors (Lipinski definition) is 9. The van der Waals surface area contributed by atoms with E-state index in [1.54, 1.807) is 6.92 Å². The summed E-state index contributed by atoms with van der Waals surface area (Å²) < 4.78 is 39.9. The first kappa shape index (κ1) is 26.5. The lowest BCUT2D eigenvalue weighted by Crippen LogP contribution is -2.24. The van der Waals surface area contributed by atoms with Gasteiger partial charge in [-0.25, -0.2) is 27.1 Å². The molecular weight excluding hydrogens is 468 g/mol. The van der Waals surface area contributed by atoms with Crippen LogP contribution in [0.15, 0.2) is 41.3 Å². The third-order valence-electron chi connectivity index (χ3n) is 4.60. The van der Waals surface area contributed by atoms with Crippen molar-refractivity contribution < 1.29 is 41.8 Å². The summed E-state index contributed by atoms with van der Waals surface area (Å²) in [6.45, 7) is 0.883. The molecule has 0 atom stereocenters. The minimum Gasteiger partial charge on any atom is -0.465 e. The molecule has 0 aliphatic rings. The van der Waals surface area contributed by atoms with Gasteiger partial charge in [-0.3, -0.25) is 4.79 Å². The number of amides is 1. The van der Waals surface area contributed by atoms with E-state index in [0.717, 1.165) is 18.5 Å². The Hall–Kier alpha value is -3.77. The molecule has 0 unspecified atom stereocenters. The fourth-order valence-electron chi connectivity index (χ4n) is 2.77. The number of nitrogens with one attached hydrogen (secondary N) is 1. The topological polar surface area (TPSA) is 145 Å². The highest BCUT2D eigenvalue weighted by molar-refractivity contribution is 7.89. The van der Waals surface area contributed by atoms with Crippen LogP contribution in [0.4, 0.5) is 5.69 Å². The van der Waals surface area contributed by atoms with E-state index in [1.165, 1.54) is 50.5 Å². The van der Waals surface area contributed by atoms with Crippen LogP contribution < -0.4 is 5.32 Å². The van der Waals surface area contributed by atoms with Gasteiger partial charge in [0.1, 0.15) is 0 Å². The number of nitrogens with zero attached hydrogens (tertiary/aromatic N) is 1. The second-order valence-electron chi connectivity index (χ2n) is 7.17. The highest BCUT2D eigenvalue weighted by Gasteiger charge is 2.21. The molecule has 0 radical (unpaired) electrons. The molecule has 2 rings (SSSR count). The molecular formula is C22H24N2O9S. The number of carbonyl (C=O) groups excluding carboxylic acids is 4. The van der Waals surface area contributed by atoms with Crippen LogP contribution in [0.3, 0.4) is 0 Å². The zero-order valence-electron chi connectivity index (χ0n) is 19.2. The molecule has 182 valence electrons. The van der Waals surface area contributed by atoms with Gasteiger partial charge in [-0.15, -0.1) is 0 Å². The van der Waals surface area contributed by atoms with Crippen molar-refractivity contribution in [2.75, 3.05) is 40.2 Å². The molecule has 12 heteroatoms. The van der Waals surface area contributed by atoms with Gasteiger partial charge >= 0.3 is 17.9 Å². The van der Waals surface area contributed by atoms with Gasteiger partial charge in [0.05, 0.1) is 35.8 Å². The summed E-state index contributed by atoms with van der Waals surface area (Å²) in [5, 5.41) is 2.42. The van der Waals surface area contributed by atoms with Gasteiger partial charge in [0.15, 0.2) is 6.61 Å². The largest absolute Gasteiger partial charge is 0.465 e. The average Bonchev–Trinajstić information content (AvgIpc) is 2.81. The van der Waals surface area contributed by atoms with Crippen molar-refractivity contribution in [2.24, 2.45) is 0 Å². The maximum Gasteiger partial charge on any atom is 0.338 e. The number of anilines is 1. The second kappa shape index (κ2) is 10.9. The van der Waals surface area contributed by atoms with Crippen LogP contribution in [0.2, 0.25) is 0 Å². The van der Waals surface area contributed by atoms with Crippen LogP contribution in [-0.4, -0.2) is 71.5 Å². The highest BCUT2D eigenvalue weighted by Crippen LogP contribution is 2.20. The summed E-state index contributed by atoms with van der Waals surface area (Å²) in [5.41, 5.74) is 0.493. The fraction of sp³-hybridized carbons (Fsp3) is 0.273. The fourth-order valence-corrected chi connectivity index (χ4v) is 3.70. The summed E-state index contributed by atoms with van der Waals surface area (Å²) in [5.74, 6) is -3.14. The Morgan fingerprint density at radius 2 is 1.44 bits per heavy atom. The van der Waals surface area contributed by atoms with Gasteiger partial charge in [-0.2, -0.15) is 0 Å². The van der Waals surface area contributed by atoms with Crippen molar-refractivity contribution in [1.29, 1.82) is 0 Å². The quantitative estimate of drug-likeness (QED) is 0.429. The number of rotatable bonds is 8. The Labute approximate surface area is 196 Å². The number of sulfonamides is 1. The van der Waals surface area contributed by atoms with E-state index in [9.17, 15) is 27.6 Å². The maximum absolute atomic E-state index is 12.5. The van der Waals surface area contributed by atoms with Crippen LogP contribution >= 0.6 is 0 Å². The molecule has 0 heterocycles. The molecule has 0 saturated carbocycles. The SMILES string of the molecule is COC(=O)c1cc(NC(=O)COC(=O)c2cc(S(=O)(=O)N(C)C)ccc2C)cc(C(=O)OC)c1. The van der Waals surface area contributed by atoms with Crippen molar-refractivity contribution in [3.8, 4) is 0 Å². The van der Waals surface area contributed by atoms with Crippen molar-refractivity contribution in [3.05, 3.63) is 58.7 Å². The third-order valence-corrected chi connectivity index (χ3v) is 6.41. The standard InChI is InChI=1S/C22H24N2O9S/c1-13-6-7-17(34(29,30)24(2)3)11-18(13)22(28)33-12-19(25)23-16-9-14(20(26)31-4)8-15(10-16)21(27)32-5/h6-11H,12H2,1-5H3,(H,23,25). The summed E-state index contributed by atoms with van der Waals surface area (Å²) >= 11 is 0. The summed E-state index contributed by atoms with van der Waals surface area (Å²) in [6.07, 6.45) is 0. The third kappa shape index (κ3) is 6.17. The molecule has 0 saturated heterocycles. The monoisotopic (exact) mass is 492 g/mol. The number of methoxy groups -OCH3 is 2. The van der Waals surface area contributed by atoms with Gasteiger partial charge in [0.25, 0.3) is 5.91 Å². The Balaban J connectivity index is 2.17. The van der Waals surface area contributed by atoms with Crippen LogP contribution in [-0.2, 0) is 29.0 Å². The Morgan fingerprint density at radius 1 is 0.882 bits per heavy atom. The maximum atomic E-state index is 12.5. The van der Waals surface area contributed by atoms with Gasteiger partial charge < -0.3 is 19.5 Å². The zero-order chi connectivity index (χ0) is 25.6. The van der Waals surface area contributed by atoms with Crippen molar-refractivity contribution in [1.82, 2.24) is 4.31 Å². The lowest BCUT2D eigenvalue weighted by molar-refractivity contribution is -0.119. The lowest BCUT2D eigenvalue weighted by Gasteiger charge is -2.14. The van der Waals surface area contributed by atoms with Gasteiger partial charge in [0.2, 0.25) is 10.0 Å². The smallest absolute Gasteiger partial charge is 0.338 e. The summed E-state index contributed by atoms with van der Waals surface area (Å²) in [6, 6.07) is 7.79. The molecule has 34 heavy (non-hydrogen) atoms. The Morgan fingerprint density at radius 3 is 1.94 bits per heavy atom. The van der Waals surface area contributed by atoms with Crippen LogP contribution in [0.25, 0.3) is 0 Å². The predicted molar refractivity (Wildman–Crippen MR) is 120 cm³/mol. The van der Waals surface area contributed by atoms with E-state index in [-0.39, 0.29) is 27.3 Å². The summed E-state index contributed by atoms with van der Waals surface area (Å²) in [4.78, 5) is 48.4. The lowest BCUT2D eigenvalue weighted by atomic mass is 10.1. The molecule has 2 aromatic rings. The van der Waals surface area contributed by atoms with Crippen molar-refractivity contribution in [2.45, 2.75) is 11.8 Å². The molecule has 0 aromatic heterocycles. The van der Waals surface area contributed by atoms with Gasteiger partial charge in [-0.05, 0) is 42.8 Å². The molecule has 0 spiro atoms. The predicted octanol–water partition coefficient (Wildman–Crippen LogP) is 1.61. The highest BCUT2D eigenvalue weighted by atomic mass is 32.2. The number of ether oxygens (including phenoxy) is 3. The molecule has 0 bridgehead atoms. The van der Waals surface area contributed by atoms with Crippen molar-refractivity contribution in [3.63, 3.8) is 0 Å². The average molecular weight is 493 g/mol. The normalized spacial score (nSPS) is 11.0. The van der Waals surface area contributed by atoms with Gasteiger partial charge in [-0.1, -0.05) is 6.07 Å². The van der Waals surface area contributed by atoms with E-state index >= 15 is 0 Å². The van der Waals surface area contributed by atoms with E-state index < -0.39 is 40.4 Å². The number of aryl methyl sites for hydroxylation is 1. The molecule has 0 aliphatic heterocycles. The number of esters is 3. The number of benzene rings is 2. The molecule has 0 fully saturated rings. The Bertz CT molecular complexity index is 1200.